The molecule has 6 nitrogen and oxygen atoms in total. The Balaban J connectivity index is 1.82. The van der Waals surface area contributed by atoms with Gasteiger partial charge in [0.25, 0.3) is 0 Å². The van der Waals surface area contributed by atoms with Gasteiger partial charge in [0, 0.05) is 17.4 Å². The summed E-state index contributed by atoms with van der Waals surface area (Å²) in [7, 11) is 0. The average Bonchev–Trinajstić information content (AvgIpc) is 3.12. The standard InChI is InChI=1S/C15H13Cl2N5OS/c1-10-19-21(15(24)22(10)20-6-2-3-7-20)9-14(23)18-13-8-11(16)4-5-12(13)17/h2-8H,9H2,1H3,(H,18,23). The van der Waals surface area contributed by atoms with E-state index in [1.165, 1.54) is 4.68 Å². The minimum absolute atomic E-state index is 0.0310. The molecule has 0 aliphatic heterocycles. The summed E-state index contributed by atoms with van der Waals surface area (Å²) < 4.78 is 5.40. The number of carbonyl (C=O) groups excluding carboxylic acids is 1. The first kappa shape index (κ1) is 16.8. The maximum atomic E-state index is 12.3. The number of hydrogen-bond acceptors (Lipinski definition) is 3. The Morgan fingerprint density at radius 1 is 1.29 bits per heavy atom. The summed E-state index contributed by atoms with van der Waals surface area (Å²) in [6.45, 7) is 1.79. The van der Waals surface area contributed by atoms with E-state index < -0.39 is 0 Å². The predicted molar refractivity (Wildman–Crippen MR) is 96.1 cm³/mol. The molecule has 0 saturated heterocycles. The van der Waals surface area contributed by atoms with Crippen molar-refractivity contribution >= 4 is 47.0 Å². The normalized spacial score (nSPS) is 10.8. The highest BCUT2D eigenvalue weighted by molar-refractivity contribution is 7.71. The third-order valence-electron chi connectivity index (χ3n) is 3.29. The Bertz CT molecular complexity index is 945. The second kappa shape index (κ2) is 6.80. The highest BCUT2D eigenvalue weighted by atomic mass is 35.5. The van der Waals surface area contributed by atoms with Crippen LogP contribution in [0, 0.1) is 11.7 Å². The molecule has 0 spiro atoms. The van der Waals surface area contributed by atoms with Crippen LogP contribution in [0.15, 0.2) is 42.7 Å². The van der Waals surface area contributed by atoms with Gasteiger partial charge in [0.2, 0.25) is 10.7 Å². The Morgan fingerprint density at radius 3 is 2.71 bits per heavy atom. The van der Waals surface area contributed by atoms with Crippen molar-refractivity contribution in [1.82, 2.24) is 19.1 Å². The number of aryl methyl sites for hydroxylation is 1. The zero-order valence-electron chi connectivity index (χ0n) is 12.6. The van der Waals surface area contributed by atoms with E-state index in [1.807, 2.05) is 31.5 Å². The van der Waals surface area contributed by atoms with E-state index in [2.05, 4.69) is 10.4 Å². The smallest absolute Gasteiger partial charge is 0.246 e. The van der Waals surface area contributed by atoms with Crippen LogP contribution in [0.3, 0.4) is 0 Å². The van der Waals surface area contributed by atoms with Crippen LogP contribution in [0.2, 0.25) is 10.0 Å². The summed E-state index contributed by atoms with van der Waals surface area (Å²) in [5, 5.41) is 7.93. The monoisotopic (exact) mass is 381 g/mol. The van der Waals surface area contributed by atoms with E-state index in [1.54, 1.807) is 27.6 Å². The SMILES string of the molecule is Cc1nn(CC(=O)Nc2cc(Cl)ccc2Cl)c(=S)n1-n1cccc1. The van der Waals surface area contributed by atoms with Crippen molar-refractivity contribution in [2.45, 2.75) is 13.5 Å². The molecular weight excluding hydrogens is 369 g/mol. The molecule has 0 bridgehead atoms. The minimum Gasteiger partial charge on any atom is -0.323 e. The van der Waals surface area contributed by atoms with Crippen LogP contribution < -0.4 is 5.32 Å². The number of carbonyl (C=O) groups is 1. The summed E-state index contributed by atoms with van der Waals surface area (Å²) in [4.78, 5) is 12.3. The van der Waals surface area contributed by atoms with E-state index in [0.29, 0.717) is 26.3 Å². The zero-order valence-corrected chi connectivity index (χ0v) is 14.9. The highest BCUT2D eigenvalue weighted by Crippen LogP contribution is 2.25. The summed E-state index contributed by atoms with van der Waals surface area (Å²) in [6, 6.07) is 8.62. The predicted octanol–water partition coefficient (Wildman–Crippen LogP) is 3.78. The van der Waals surface area contributed by atoms with E-state index in [-0.39, 0.29) is 12.5 Å². The average molecular weight is 382 g/mol. The minimum atomic E-state index is -0.299. The lowest BCUT2D eigenvalue weighted by Gasteiger charge is -2.08. The van der Waals surface area contributed by atoms with Gasteiger partial charge in [-0.1, -0.05) is 23.2 Å². The van der Waals surface area contributed by atoms with Crippen LogP contribution in [-0.4, -0.2) is 25.0 Å². The van der Waals surface area contributed by atoms with Gasteiger partial charge >= 0.3 is 0 Å². The van der Waals surface area contributed by atoms with E-state index >= 15 is 0 Å². The molecule has 3 rings (SSSR count). The first-order valence-electron chi connectivity index (χ1n) is 7.00. The van der Waals surface area contributed by atoms with Gasteiger partial charge in [0.1, 0.15) is 12.4 Å². The third kappa shape index (κ3) is 3.38. The topological polar surface area (TPSA) is 56.8 Å². The number of halogens is 2. The van der Waals surface area contributed by atoms with Crippen LogP contribution in [0.25, 0.3) is 0 Å². The molecule has 2 aromatic heterocycles. The second-order valence-corrected chi connectivity index (χ2v) is 6.24. The van der Waals surface area contributed by atoms with Gasteiger partial charge in [-0.05, 0) is 49.5 Å². The number of rotatable bonds is 4. The van der Waals surface area contributed by atoms with Crippen molar-refractivity contribution in [2.75, 3.05) is 5.32 Å². The van der Waals surface area contributed by atoms with Gasteiger partial charge in [-0.3, -0.25) is 9.47 Å². The fraction of sp³-hybridized carbons (Fsp3) is 0.133. The molecule has 2 heterocycles. The summed E-state index contributed by atoms with van der Waals surface area (Å²) in [6.07, 6.45) is 3.70. The van der Waals surface area contributed by atoms with Crippen LogP contribution >= 0.6 is 35.4 Å². The Kier molecular flexibility index (Phi) is 4.75. The van der Waals surface area contributed by atoms with Crippen molar-refractivity contribution in [3.05, 3.63) is 63.4 Å². The zero-order chi connectivity index (χ0) is 17.3. The number of nitrogens with one attached hydrogen (secondary N) is 1. The molecule has 9 heteroatoms. The Labute approximate surface area is 153 Å². The third-order valence-corrected chi connectivity index (χ3v) is 4.24. The number of nitrogens with zero attached hydrogens (tertiary/aromatic N) is 4. The lowest BCUT2D eigenvalue weighted by molar-refractivity contribution is -0.116. The van der Waals surface area contributed by atoms with Crippen LogP contribution in [0.1, 0.15) is 5.82 Å². The quantitative estimate of drug-likeness (QED) is 0.699. The molecule has 0 unspecified atom stereocenters. The number of benzene rings is 1. The van der Waals surface area contributed by atoms with Crippen molar-refractivity contribution in [3.63, 3.8) is 0 Å². The largest absolute Gasteiger partial charge is 0.323 e. The molecule has 0 atom stereocenters. The van der Waals surface area contributed by atoms with E-state index in [0.717, 1.165) is 0 Å². The molecule has 0 saturated carbocycles. The van der Waals surface area contributed by atoms with Gasteiger partial charge in [0.15, 0.2) is 0 Å². The van der Waals surface area contributed by atoms with Crippen LogP contribution in [0.4, 0.5) is 5.69 Å². The maximum absolute atomic E-state index is 12.3. The molecule has 1 amide bonds. The number of aromatic nitrogens is 4. The molecule has 1 N–H and O–H groups in total. The maximum Gasteiger partial charge on any atom is 0.246 e. The molecule has 0 radical (unpaired) electrons. The molecule has 1 aromatic carbocycles. The van der Waals surface area contributed by atoms with Gasteiger partial charge in [-0.25, -0.2) is 9.36 Å². The Morgan fingerprint density at radius 2 is 2.00 bits per heavy atom. The molecule has 24 heavy (non-hydrogen) atoms. The van der Waals surface area contributed by atoms with Crippen LogP contribution in [-0.2, 0) is 11.3 Å². The molecular formula is C15H13Cl2N5OS. The van der Waals surface area contributed by atoms with Gasteiger partial charge in [0.05, 0.1) is 10.7 Å². The fourth-order valence-corrected chi connectivity index (χ4v) is 2.92. The number of amides is 1. The molecule has 0 aliphatic carbocycles. The summed E-state index contributed by atoms with van der Waals surface area (Å²) in [5.41, 5.74) is 0.447. The van der Waals surface area contributed by atoms with Gasteiger partial charge in [-0.2, -0.15) is 5.10 Å². The second-order valence-electron chi connectivity index (χ2n) is 5.03. The summed E-state index contributed by atoms with van der Waals surface area (Å²) in [5.74, 6) is 0.372. The molecule has 0 fully saturated rings. The number of hydrogen-bond donors (Lipinski definition) is 1. The van der Waals surface area contributed by atoms with Crippen molar-refractivity contribution < 1.29 is 4.79 Å². The van der Waals surface area contributed by atoms with Gasteiger partial charge < -0.3 is 5.32 Å². The van der Waals surface area contributed by atoms with Crippen molar-refractivity contribution in [1.29, 1.82) is 0 Å². The lowest BCUT2D eigenvalue weighted by atomic mass is 10.3. The van der Waals surface area contributed by atoms with Gasteiger partial charge in [-0.15, -0.1) is 0 Å². The summed E-state index contributed by atoms with van der Waals surface area (Å²) >= 11 is 17.4. The van der Waals surface area contributed by atoms with E-state index in [9.17, 15) is 4.79 Å². The highest BCUT2D eigenvalue weighted by Gasteiger charge is 2.13. The molecule has 3 aromatic rings. The molecule has 0 aliphatic rings. The lowest BCUT2D eigenvalue weighted by Crippen LogP contribution is -2.20. The Hall–Kier alpha value is -2.09. The van der Waals surface area contributed by atoms with E-state index in [4.69, 9.17) is 35.4 Å². The molecule has 124 valence electrons. The fourth-order valence-electron chi connectivity index (χ4n) is 2.25. The number of anilines is 1. The van der Waals surface area contributed by atoms with Crippen molar-refractivity contribution in [2.24, 2.45) is 0 Å². The first-order valence-corrected chi connectivity index (χ1v) is 8.17. The first-order chi connectivity index (χ1) is 11.5. The van der Waals surface area contributed by atoms with Crippen molar-refractivity contribution in [3.8, 4) is 0 Å². The van der Waals surface area contributed by atoms with Crippen LogP contribution in [0.5, 0.6) is 0 Å².